The van der Waals surface area contributed by atoms with Gasteiger partial charge < -0.3 is 15.4 Å². The molecule has 0 bridgehead atoms. The van der Waals surface area contributed by atoms with Gasteiger partial charge in [0.25, 0.3) is 0 Å². The molecular formula is C17H24N2O3S. The van der Waals surface area contributed by atoms with Crippen LogP contribution in [0.1, 0.15) is 31.2 Å². The molecule has 1 saturated heterocycles. The first-order chi connectivity index (χ1) is 11.1. The van der Waals surface area contributed by atoms with Gasteiger partial charge >= 0.3 is 6.03 Å². The standard InChI is InChI=1S/C17H24N2O3S/c1-23(21)15-6-2-12(3-7-15)11-18-17(20)19-14-8-9-22-16(10-14)13-4-5-13/h2-3,6-7,13-14,16H,4-5,8-11H2,1H3,(H2,18,19,20). The predicted molar refractivity (Wildman–Crippen MR) is 89.6 cm³/mol. The Labute approximate surface area is 139 Å². The highest BCUT2D eigenvalue weighted by molar-refractivity contribution is 7.84. The number of rotatable bonds is 5. The largest absolute Gasteiger partial charge is 0.378 e. The Bertz CT molecular complexity index is 572. The van der Waals surface area contributed by atoms with Crippen LogP contribution < -0.4 is 10.6 Å². The van der Waals surface area contributed by atoms with E-state index >= 15 is 0 Å². The number of urea groups is 1. The molecule has 1 aliphatic carbocycles. The summed E-state index contributed by atoms with van der Waals surface area (Å²) >= 11 is 0. The molecule has 6 heteroatoms. The lowest BCUT2D eigenvalue weighted by molar-refractivity contribution is -0.00914. The van der Waals surface area contributed by atoms with E-state index in [1.165, 1.54) is 12.8 Å². The van der Waals surface area contributed by atoms with Crippen molar-refractivity contribution in [1.82, 2.24) is 10.6 Å². The lowest BCUT2D eigenvalue weighted by Gasteiger charge is -2.30. The molecule has 3 rings (SSSR count). The van der Waals surface area contributed by atoms with Crippen molar-refractivity contribution in [2.24, 2.45) is 5.92 Å². The van der Waals surface area contributed by atoms with Gasteiger partial charge in [0.2, 0.25) is 0 Å². The van der Waals surface area contributed by atoms with Crippen LogP contribution in [-0.4, -0.2) is 35.2 Å². The fraction of sp³-hybridized carbons (Fsp3) is 0.588. The number of nitrogens with one attached hydrogen (secondary N) is 2. The highest BCUT2D eigenvalue weighted by Crippen LogP contribution is 2.38. The quantitative estimate of drug-likeness (QED) is 0.866. The SMILES string of the molecule is CS(=O)c1ccc(CNC(=O)NC2CCOC(C3CC3)C2)cc1. The second-order valence-corrected chi connectivity index (χ2v) is 7.77. The van der Waals surface area contributed by atoms with Crippen LogP contribution in [0.2, 0.25) is 0 Å². The summed E-state index contributed by atoms with van der Waals surface area (Å²) < 4.78 is 17.1. The Hall–Kier alpha value is -1.40. The van der Waals surface area contributed by atoms with Crippen LogP contribution in [0.3, 0.4) is 0 Å². The van der Waals surface area contributed by atoms with Gasteiger partial charge in [-0.25, -0.2) is 4.79 Å². The molecule has 1 heterocycles. The molecule has 0 radical (unpaired) electrons. The Morgan fingerprint density at radius 3 is 2.65 bits per heavy atom. The molecule has 2 fully saturated rings. The molecule has 2 amide bonds. The molecule has 126 valence electrons. The monoisotopic (exact) mass is 336 g/mol. The van der Waals surface area contributed by atoms with Gasteiger partial charge in [-0.3, -0.25) is 4.21 Å². The first kappa shape index (κ1) is 16.5. The van der Waals surface area contributed by atoms with Gasteiger partial charge in [0.05, 0.1) is 6.10 Å². The minimum atomic E-state index is -0.969. The van der Waals surface area contributed by atoms with Crippen LogP contribution in [0.4, 0.5) is 4.79 Å². The zero-order valence-electron chi connectivity index (χ0n) is 13.4. The van der Waals surface area contributed by atoms with Crippen LogP contribution >= 0.6 is 0 Å². The Morgan fingerprint density at radius 1 is 1.26 bits per heavy atom. The lowest BCUT2D eigenvalue weighted by atomic mass is 10.0. The van der Waals surface area contributed by atoms with Gasteiger partial charge in [-0.1, -0.05) is 12.1 Å². The molecule has 1 aliphatic heterocycles. The summed E-state index contributed by atoms with van der Waals surface area (Å²) in [7, 11) is -0.969. The Balaban J connectivity index is 1.42. The maximum Gasteiger partial charge on any atom is 0.315 e. The van der Waals surface area contributed by atoms with E-state index in [9.17, 15) is 9.00 Å². The van der Waals surface area contributed by atoms with E-state index in [2.05, 4.69) is 10.6 Å². The van der Waals surface area contributed by atoms with Crippen molar-refractivity contribution < 1.29 is 13.7 Å². The van der Waals surface area contributed by atoms with Crippen LogP contribution in [0, 0.1) is 5.92 Å². The first-order valence-corrected chi connectivity index (χ1v) is 9.76. The van der Waals surface area contributed by atoms with Crippen LogP contribution in [0.25, 0.3) is 0 Å². The summed E-state index contributed by atoms with van der Waals surface area (Å²) in [4.78, 5) is 12.8. The third-order valence-corrected chi connectivity index (χ3v) is 5.44. The van der Waals surface area contributed by atoms with Crippen molar-refractivity contribution >= 4 is 16.8 Å². The van der Waals surface area contributed by atoms with E-state index in [4.69, 9.17) is 4.74 Å². The average molecular weight is 336 g/mol. The van der Waals surface area contributed by atoms with Crippen molar-refractivity contribution in [3.63, 3.8) is 0 Å². The van der Waals surface area contributed by atoms with E-state index in [0.717, 1.165) is 29.9 Å². The number of carbonyl (C=O) groups is 1. The summed E-state index contributed by atoms with van der Waals surface area (Å²) in [5.41, 5.74) is 0.997. The number of carbonyl (C=O) groups excluding carboxylic acids is 1. The molecule has 3 unspecified atom stereocenters. The smallest absolute Gasteiger partial charge is 0.315 e. The number of benzene rings is 1. The third kappa shape index (κ3) is 4.78. The van der Waals surface area contributed by atoms with Gasteiger partial charge in [-0.2, -0.15) is 0 Å². The molecule has 2 N–H and O–H groups in total. The topological polar surface area (TPSA) is 67.4 Å². The molecule has 23 heavy (non-hydrogen) atoms. The zero-order valence-corrected chi connectivity index (χ0v) is 14.2. The Kier molecular flexibility index (Phi) is 5.33. The molecule has 0 spiro atoms. The molecular weight excluding hydrogens is 312 g/mol. The number of ether oxygens (including phenoxy) is 1. The molecule has 3 atom stereocenters. The number of hydrogen-bond donors (Lipinski definition) is 2. The van der Waals surface area contributed by atoms with E-state index < -0.39 is 10.8 Å². The normalized spacial score (nSPS) is 25.6. The minimum absolute atomic E-state index is 0.130. The van der Waals surface area contributed by atoms with Gasteiger partial charge in [0, 0.05) is 41.1 Å². The van der Waals surface area contributed by atoms with Gasteiger partial charge in [0.15, 0.2) is 0 Å². The fourth-order valence-electron chi connectivity index (χ4n) is 2.97. The second-order valence-electron chi connectivity index (χ2n) is 6.39. The van der Waals surface area contributed by atoms with Crippen LogP contribution in [-0.2, 0) is 22.1 Å². The van der Waals surface area contributed by atoms with Crippen LogP contribution in [0.5, 0.6) is 0 Å². The van der Waals surface area contributed by atoms with Gasteiger partial charge in [0.1, 0.15) is 0 Å². The molecule has 0 aromatic heterocycles. The van der Waals surface area contributed by atoms with Crippen LogP contribution in [0.15, 0.2) is 29.2 Å². The highest BCUT2D eigenvalue weighted by Gasteiger charge is 2.36. The summed E-state index contributed by atoms with van der Waals surface area (Å²) in [5, 5.41) is 5.94. The molecule has 1 saturated carbocycles. The second kappa shape index (κ2) is 7.45. The van der Waals surface area contributed by atoms with Crippen molar-refractivity contribution in [2.45, 2.75) is 49.3 Å². The summed E-state index contributed by atoms with van der Waals surface area (Å²) in [5.74, 6) is 0.713. The van der Waals surface area contributed by atoms with Crippen molar-refractivity contribution in [3.8, 4) is 0 Å². The van der Waals surface area contributed by atoms with E-state index in [1.807, 2.05) is 24.3 Å². The number of hydrogen-bond acceptors (Lipinski definition) is 3. The molecule has 1 aromatic rings. The zero-order chi connectivity index (χ0) is 16.2. The molecule has 5 nitrogen and oxygen atoms in total. The number of amides is 2. The van der Waals surface area contributed by atoms with E-state index in [1.54, 1.807) is 6.26 Å². The summed E-state index contributed by atoms with van der Waals surface area (Å²) in [6.07, 6.45) is 6.33. The highest BCUT2D eigenvalue weighted by atomic mass is 32.2. The fourth-order valence-corrected chi connectivity index (χ4v) is 3.49. The van der Waals surface area contributed by atoms with Gasteiger partial charge in [-0.05, 0) is 49.3 Å². The maximum atomic E-state index is 12.0. The van der Waals surface area contributed by atoms with E-state index in [0.29, 0.717) is 18.6 Å². The third-order valence-electron chi connectivity index (χ3n) is 4.51. The van der Waals surface area contributed by atoms with Crippen molar-refractivity contribution in [3.05, 3.63) is 29.8 Å². The predicted octanol–water partition coefficient (Wildman–Crippen LogP) is 2.18. The maximum absolute atomic E-state index is 12.0. The lowest BCUT2D eigenvalue weighted by Crippen LogP contribution is -2.46. The van der Waals surface area contributed by atoms with Crippen molar-refractivity contribution in [2.75, 3.05) is 12.9 Å². The van der Waals surface area contributed by atoms with Gasteiger partial charge in [-0.15, -0.1) is 0 Å². The van der Waals surface area contributed by atoms with Crippen molar-refractivity contribution in [1.29, 1.82) is 0 Å². The summed E-state index contributed by atoms with van der Waals surface area (Å²) in [6, 6.07) is 7.55. The minimum Gasteiger partial charge on any atom is -0.378 e. The average Bonchev–Trinajstić information content (AvgIpc) is 3.38. The summed E-state index contributed by atoms with van der Waals surface area (Å²) in [6.45, 7) is 1.21. The van der Waals surface area contributed by atoms with E-state index in [-0.39, 0.29) is 12.1 Å². The Morgan fingerprint density at radius 2 is 2.00 bits per heavy atom. The molecule has 1 aromatic carbocycles. The first-order valence-electron chi connectivity index (χ1n) is 8.20. The molecule has 2 aliphatic rings.